The minimum absolute atomic E-state index is 0.0251. The van der Waals surface area contributed by atoms with E-state index >= 15 is 0 Å². The third-order valence-corrected chi connectivity index (χ3v) is 2.50. The molecule has 6 heteroatoms. The number of aliphatic carboxylic acids is 1. The minimum Gasteiger partial charge on any atom is -0.477 e. The van der Waals surface area contributed by atoms with Gasteiger partial charge in [0.1, 0.15) is 5.71 Å². The number of nitrogens with zero attached hydrogens (tertiary/aromatic N) is 2. The van der Waals surface area contributed by atoms with Gasteiger partial charge >= 0.3 is 5.97 Å². The van der Waals surface area contributed by atoms with Gasteiger partial charge in [-0.15, -0.1) is 5.10 Å². The number of rotatable bonds is 6. The fraction of sp³-hybridized carbons (Fsp3) is 0.333. The molecule has 0 aliphatic carbocycles. The van der Waals surface area contributed by atoms with E-state index < -0.39 is 5.97 Å². The maximum atomic E-state index is 10.6. The zero-order chi connectivity index (χ0) is 13.5. The van der Waals surface area contributed by atoms with E-state index in [-0.39, 0.29) is 5.71 Å². The number of hydroxylamine groups is 1. The van der Waals surface area contributed by atoms with Crippen LogP contribution in [0, 0.1) is 0 Å². The maximum Gasteiger partial charge on any atom is 0.351 e. The molecule has 1 N–H and O–H groups in total. The van der Waals surface area contributed by atoms with Crippen molar-refractivity contribution in [2.45, 2.75) is 13.3 Å². The summed E-state index contributed by atoms with van der Waals surface area (Å²) in [5, 5.41) is 14.5. The van der Waals surface area contributed by atoms with Crippen molar-refractivity contribution in [3.8, 4) is 0 Å². The monoisotopic (exact) mass is 270 g/mol. The van der Waals surface area contributed by atoms with Crippen molar-refractivity contribution in [2.75, 3.05) is 13.7 Å². The molecule has 0 atom stereocenters. The molecular weight excluding hydrogens is 256 g/mol. The van der Waals surface area contributed by atoms with Crippen LogP contribution in [0.1, 0.15) is 12.5 Å². The second kappa shape index (κ2) is 6.98. The first kappa shape index (κ1) is 14.5. The van der Waals surface area contributed by atoms with Crippen LogP contribution in [0.25, 0.3) is 0 Å². The standard InChI is InChI=1S/C12H15ClN2O3/c1-9(12(16)17)14-15(18-2)7-6-10-4-3-5-11(13)8-10/h3-5,8H,6-7H2,1-2H3,(H,16,17). The van der Waals surface area contributed by atoms with Gasteiger partial charge in [0.2, 0.25) is 0 Å². The summed E-state index contributed by atoms with van der Waals surface area (Å²) >= 11 is 5.87. The summed E-state index contributed by atoms with van der Waals surface area (Å²) in [5.74, 6) is -1.07. The van der Waals surface area contributed by atoms with Crippen LogP contribution in [-0.4, -0.2) is 35.6 Å². The van der Waals surface area contributed by atoms with Crippen LogP contribution in [0.4, 0.5) is 0 Å². The number of hydrogen-bond donors (Lipinski definition) is 1. The first-order chi connectivity index (χ1) is 8.52. The van der Waals surface area contributed by atoms with Crippen molar-refractivity contribution in [3.05, 3.63) is 34.9 Å². The third-order valence-electron chi connectivity index (χ3n) is 2.26. The molecule has 0 heterocycles. The van der Waals surface area contributed by atoms with Crippen molar-refractivity contribution >= 4 is 23.3 Å². The van der Waals surface area contributed by atoms with Crippen molar-refractivity contribution < 1.29 is 14.7 Å². The lowest BCUT2D eigenvalue weighted by atomic mass is 10.1. The third kappa shape index (κ3) is 4.73. The molecule has 0 saturated carbocycles. The van der Waals surface area contributed by atoms with Crippen LogP contribution in [0.5, 0.6) is 0 Å². The van der Waals surface area contributed by atoms with Crippen LogP contribution in [0.15, 0.2) is 29.4 Å². The zero-order valence-electron chi connectivity index (χ0n) is 10.3. The molecule has 0 aromatic heterocycles. The number of hydrazone groups is 1. The molecule has 98 valence electrons. The Hall–Kier alpha value is -1.59. The first-order valence-electron chi connectivity index (χ1n) is 5.37. The van der Waals surface area contributed by atoms with E-state index in [9.17, 15) is 4.79 Å². The molecule has 0 aliphatic rings. The second-order valence-corrected chi connectivity index (χ2v) is 4.07. The van der Waals surface area contributed by atoms with E-state index in [0.717, 1.165) is 5.56 Å². The average molecular weight is 271 g/mol. The lowest BCUT2D eigenvalue weighted by Crippen LogP contribution is -2.23. The zero-order valence-corrected chi connectivity index (χ0v) is 11.0. The van der Waals surface area contributed by atoms with Crippen molar-refractivity contribution in [2.24, 2.45) is 5.10 Å². The molecule has 18 heavy (non-hydrogen) atoms. The fourth-order valence-corrected chi connectivity index (χ4v) is 1.52. The molecule has 0 saturated heterocycles. The van der Waals surface area contributed by atoms with E-state index in [1.165, 1.54) is 19.2 Å². The molecular formula is C12H15ClN2O3. The summed E-state index contributed by atoms with van der Waals surface area (Å²) < 4.78 is 0. The molecule has 0 spiro atoms. The lowest BCUT2D eigenvalue weighted by molar-refractivity contribution is -0.135. The second-order valence-electron chi connectivity index (χ2n) is 3.63. The van der Waals surface area contributed by atoms with Gasteiger partial charge in [-0.3, -0.25) is 4.84 Å². The van der Waals surface area contributed by atoms with E-state index in [1.807, 2.05) is 18.2 Å². The Balaban J connectivity index is 2.60. The van der Waals surface area contributed by atoms with Crippen LogP contribution in [0.2, 0.25) is 5.02 Å². The number of halogens is 1. The molecule has 0 bridgehead atoms. The molecule has 0 unspecified atom stereocenters. The number of benzene rings is 1. The summed E-state index contributed by atoms with van der Waals surface area (Å²) in [4.78, 5) is 15.6. The molecule has 0 radical (unpaired) electrons. The number of carboxylic acid groups (broad SMARTS) is 1. The summed E-state index contributed by atoms with van der Waals surface area (Å²) in [7, 11) is 1.44. The van der Waals surface area contributed by atoms with Gasteiger partial charge in [-0.1, -0.05) is 23.7 Å². The van der Waals surface area contributed by atoms with Crippen LogP contribution < -0.4 is 0 Å². The Morgan fingerprint density at radius 3 is 2.83 bits per heavy atom. The van der Waals surface area contributed by atoms with Gasteiger partial charge in [-0.25, -0.2) is 4.79 Å². The molecule has 0 amide bonds. The van der Waals surface area contributed by atoms with Crippen LogP contribution >= 0.6 is 11.6 Å². The highest BCUT2D eigenvalue weighted by atomic mass is 35.5. The predicted molar refractivity (Wildman–Crippen MR) is 69.6 cm³/mol. The minimum atomic E-state index is -1.07. The SMILES string of the molecule is CON(CCc1cccc(Cl)c1)N=C(C)C(=O)O. The highest BCUT2D eigenvalue weighted by molar-refractivity contribution is 6.34. The molecule has 0 aliphatic heterocycles. The number of carboxylic acids is 1. The first-order valence-corrected chi connectivity index (χ1v) is 5.75. The average Bonchev–Trinajstić information content (AvgIpc) is 2.34. The van der Waals surface area contributed by atoms with E-state index in [4.69, 9.17) is 21.5 Å². The molecule has 0 fully saturated rings. The summed E-state index contributed by atoms with van der Waals surface area (Å²) in [6, 6.07) is 7.45. The Labute approximate surface area is 111 Å². The Bertz CT molecular complexity index is 449. The van der Waals surface area contributed by atoms with E-state index in [1.54, 1.807) is 6.07 Å². The molecule has 1 rings (SSSR count). The van der Waals surface area contributed by atoms with Gasteiger partial charge in [-0.2, -0.15) is 5.17 Å². The Morgan fingerprint density at radius 2 is 2.28 bits per heavy atom. The van der Waals surface area contributed by atoms with E-state index in [2.05, 4.69) is 5.10 Å². The van der Waals surface area contributed by atoms with Gasteiger partial charge in [-0.05, 0) is 31.0 Å². The van der Waals surface area contributed by atoms with Gasteiger partial charge in [0.15, 0.2) is 0 Å². The fourth-order valence-electron chi connectivity index (χ4n) is 1.31. The Morgan fingerprint density at radius 1 is 1.56 bits per heavy atom. The Kier molecular flexibility index (Phi) is 5.61. The summed E-state index contributed by atoms with van der Waals surface area (Å²) in [5.41, 5.74) is 1.01. The highest BCUT2D eigenvalue weighted by Gasteiger charge is 2.06. The van der Waals surface area contributed by atoms with Crippen molar-refractivity contribution in [3.63, 3.8) is 0 Å². The highest BCUT2D eigenvalue weighted by Crippen LogP contribution is 2.11. The smallest absolute Gasteiger partial charge is 0.351 e. The molecule has 1 aromatic rings. The van der Waals surface area contributed by atoms with Gasteiger partial charge < -0.3 is 5.11 Å². The lowest BCUT2D eigenvalue weighted by Gasteiger charge is -2.16. The van der Waals surface area contributed by atoms with Crippen LogP contribution in [0.3, 0.4) is 0 Å². The largest absolute Gasteiger partial charge is 0.477 e. The summed E-state index contributed by atoms with van der Waals surface area (Å²) in [6.45, 7) is 1.86. The van der Waals surface area contributed by atoms with E-state index in [0.29, 0.717) is 18.0 Å². The normalized spacial score (nSPS) is 11.4. The van der Waals surface area contributed by atoms with Crippen molar-refractivity contribution in [1.82, 2.24) is 5.17 Å². The van der Waals surface area contributed by atoms with Gasteiger partial charge in [0.05, 0.1) is 13.7 Å². The number of carbonyl (C=O) groups is 1. The van der Waals surface area contributed by atoms with Gasteiger partial charge in [0, 0.05) is 5.02 Å². The molecule has 5 nitrogen and oxygen atoms in total. The predicted octanol–water partition coefficient (Wildman–Crippen LogP) is 2.21. The molecule has 1 aromatic carbocycles. The summed E-state index contributed by atoms with van der Waals surface area (Å²) in [6.07, 6.45) is 0.658. The number of hydrogen-bond acceptors (Lipinski definition) is 4. The quantitative estimate of drug-likeness (QED) is 0.636. The van der Waals surface area contributed by atoms with Gasteiger partial charge in [0.25, 0.3) is 0 Å². The topological polar surface area (TPSA) is 62.1 Å². The maximum absolute atomic E-state index is 10.6. The van der Waals surface area contributed by atoms with Crippen molar-refractivity contribution in [1.29, 1.82) is 0 Å². The van der Waals surface area contributed by atoms with Crippen LogP contribution in [-0.2, 0) is 16.1 Å².